The molecule has 6 heteroatoms. The van der Waals surface area contributed by atoms with Crippen LogP contribution in [0, 0.1) is 17.1 Å². The van der Waals surface area contributed by atoms with E-state index in [1.54, 1.807) is 17.5 Å². The molecule has 0 atom stereocenters. The van der Waals surface area contributed by atoms with Gasteiger partial charge in [0.25, 0.3) is 6.47 Å². The minimum Gasteiger partial charge on any atom is -0.471 e. The fraction of sp³-hybridized carbons (Fsp3) is 0.0833. The number of methoxy groups -OCH3 is 1. The smallest absolute Gasteiger partial charge is 0.292 e. The molecule has 0 bridgehead atoms. The summed E-state index contributed by atoms with van der Waals surface area (Å²) < 4.78 is 20.6. The van der Waals surface area contributed by atoms with Crippen molar-refractivity contribution in [1.29, 1.82) is 5.26 Å². The average molecular weight is 264 g/mol. The van der Waals surface area contributed by atoms with Crippen molar-refractivity contribution in [1.82, 2.24) is 4.37 Å². The quantitative estimate of drug-likeness (QED) is 0.782. The first-order valence-electron chi connectivity index (χ1n) is 4.79. The highest BCUT2D eigenvalue weighted by Gasteiger charge is 2.07. The second kappa shape index (κ2) is 7.14. The first kappa shape index (κ1) is 13.8. The number of benzene rings is 1. The zero-order valence-corrected chi connectivity index (χ0v) is 10.3. The van der Waals surface area contributed by atoms with Crippen LogP contribution in [0.2, 0.25) is 0 Å². The van der Waals surface area contributed by atoms with Crippen molar-refractivity contribution >= 4 is 18.0 Å². The van der Waals surface area contributed by atoms with Crippen LogP contribution in [0.15, 0.2) is 29.6 Å². The van der Waals surface area contributed by atoms with Gasteiger partial charge in [-0.1, -0.05) is 0 Å². The third kappa shape index (κ3) is 3.64. The van der Waals surface area contributed by atoms with Crippen LogP contribution >= 0.6 is 11.5 Å². The fourth-order valence-corrected chi connectivity index (χ4v) is 1.76. The van der Waals surface area contributed by atoms with Crippen molar-refractivity contribution in [2.24, 2.45) is 0 Å². The van der Waals surface area contributed by atoms with Gasteiger partial charge in [-0.25, -0.2) is 4.39 Å². The standard InChI is InChI=1S/C10H5FN2S.C2H4O2/c11-9-3-1-7(2-4-9)10-8(5-12)6-14-13-10;1-4-2-3/h1-4,6H;2H,1H3. The van der Waals surface area contributed by atoms with Crippen molar-refractivity contribution in [3.05, 3.63) is 41.0 Å². The molecule has 2 aromatic rings. The maximum Gasteiger partial charge on any atom is 0.292 e. The van der Waals surface area contributed by atoms with E-state index in [9.17, 15) is 4.39 Å². The van der Waals surface area contributed by atoms with Gasteiger partial charge in [-0.3, -0.25) is 4.79 Å². The Morgan fingerprint density at radius 1 is 1.44 bits per heavy atom. The normalized spacial score (nSPS) is 8.72. The van der Waals surface area contributed by atoms with Crippen LogP contribution in [0.25, 0.3) is 11.3 Å². The van der Waals surface area contributed by atoms with Gasteiger partial charge in [-0.2, -0.15) is 9.64 Å². The summed E-state index contributed by atoms with van der Waals surface area (Å²) in [5.41, 5.74) is 1.92. The molecule has 0 spiro atoms. The van der Waals surface area contributed by atoms with Crippen LogP contribution in [0.4, 0.5) is 4.39 Å². The molecule has 0 radical (unpaired) electrons. The van der Waals surface area contributed by atoms with Crippen LogP contribution in [0.5, 0.6) is 0 Å². The van der Waals surface area contributed by atoms with Crippen LogP contribution in [0.3, 0.4) is 0 Å². The zero-order valence-electron chi connectivity index (χ0n) is 9.46. The third-order valence-corrected chi connectivity index (χ3v) is 2.53. The first-order valence-corrected chi connectivity index (χ1v) is 5.63. The van der Waals surface area contributed by atoms with Crippen LogP contribution in [-0.2, 0) is 9.53 Å². The molecule has 0 saturated carbocycles. The molecule has 2 rings (SSSR count). The molecule has 0 aliphatic heterocycles. The Morgan fingerprint density at radius 2 is 2.06 bits per heavy atom. The number of nitriles is 1. The van der Waals surface area contributed by atoms with E-state index in [0.29, 0.717) is 17.7 Å². The van der Waals surface area contributed by atoms with E-state index in [1.807, 2.05) is 6.07 Å². The van der Waals surface area contributed by atoms with Gasteiger partial charge in [-0.15, -0.1) is 0 Å². The monoisotopic (exact) mass is 264 g/mol. The van der Waals surface area contributed by atoms with Gasteiger partial charge in [0.15, 0.2) is 0 Å². The Bertz CT molecular complexity index is 546. The van der Waals surface area contributed by atoms with E-state index in [4.69, 9.17) is 10.1 Å². The molecule has 0 fully saturated rings. The minimum atomic E-state index is -0.289. The Hall–Kier alpha value is -2.26. The summed E-state index contributed by atoms with van der Waals surface area (Å²) in [5, 5.41) is 10.4. The molecule has 1 heterocycles. The largest absolute Gasteiger partial charge is 0.471 e. The Balaban J connectivity index is 0.000000357. The van der Waals surface area contributed by atoms with Crippen molar-refractivity contribution in [3.8, 4) is 17.3 Å². The van der Waals surface area contributed by atoms with E-state index in [0.717, 1.165) is 5.56 Å². The van der Waals surface area contributed by atoms with Crippen molar-refractivity contribution in [3.63, 3.8) is 0 Å². The molecule has 1 aromatic carbocycles. The summed E-state index contributed by atoms with van der Waals surface area (Å²) >= 11 is 1.22. The molecule has 4 nitrogen and oxygen atoms in total. The molecule has 92 valence electrons. The van der Waals surface area contributed by atoms with Gasteiger partial charge >= 0.3 is 0 Å². The second-order valence-electron chi connectivity index (χ2n) is 3.03. The number of carbonyl (C=O) groups excluding carboxylic acids is 1. The lowest BCUT2D eigenvalue weighted by molar-refractivity contribution is -0.126. The van der Waals surface area contributed by atoms with E-state index < -0.39 is 0 Å². The van der Waals surface area contributed by atoms with Gasteiger partial charge in [0.05, 0.1) is 12.7 Å². The molecule has 0 amide bonds. The summed E-state index contributed by atoms with van der Waals surface area (Å²) in [6.45, 7) is 0.375. The zero-order chi connectivity index (χ0) is 13.4. The van der Waals surface area contributed by atoms with E-state index in [1.165, 1.54) is 30.8 Å². The maximum atomic E-state index is 12.6. The van der Waals surface area contributed by atoms with Gasteiger partial charge in [-0.05, 0) is 35.8 Å². The lowest BCUT2D eigenvalue weighted by Crippen LogP contribution is -1.81. The molecule has 0 unspecified atom stereocenters. The SMILES string of the molecule is COC=O.N#Cc1csnc1-c1ccc(F)cc1. The minimum absolute atomic E-state index is 0.289. The highest BCUT2D eigenvalue weighted by atomic mass is 32.1. The van der Waals surface area contributed by atoms with E-state index >= 15 is 0 Å². The van der Waals surface area contributed by atoms with Gasteiger partial charge in [0, 0.05) is 10.9 Å². The van der Waals surface area contributed by atoms with E-state index in [-0.39, 0.29) is 5.82 Å². The molecule has 0 aliphatic rings. The summed E-state index contributed by atoms with van der Waals surface area (Å²) in [6.07, 6.45) is 0. The summed E-state index contributed by atoms with van der Waals surface area (Å²) in [4.78, 5) is 8.95. The highest BCUT2D eigenvalue weighted by molar-refractivity contribution is 7.04. The fourth-order valence-electron chi connectivity index (χ4n) is 1.13. The van der Waals surface area contributed by atoms with Crippen molar-refractivity contribution in [2.75, 3.05) is 7.11 Å². The lowest BCUT2D eigenvalue weighted by atomic mass is 10.1. The number of nitrogens with zero attached hydrogens (tertiary/aromatic N) is 2. The predicted molar refractivity (Wildman–Crippen MR) is 65.3 cm³/mol. The van der Waals surface area contributed by atoms with Crippen LogP contribution in [0.1, 0.15) is 5.56 Å². The Morgan fingerprint density at radius 3 is 2.56 bits per heavy atom. The van der Waals surface area contributed by atoms with Crippen LogP contribution < -0.4 is 0 Å². The second-order valence-corrected chi connectivity index (χ2v) is 3.66. The number of aromatic nitrogens is 1. The first-order chi connectivity index (χ1) is 8.72. The van der Waals surface area contributed by atoms with Gasteiger partial charge in [0.2, 0.25) is 0 Å². The molecule has 0 N–H and O–H groups in total. The molecule has 0 aliphatic carbocycles. The van der Waals surface area contributed by atoms with Crippen molar-refractivity contribution < 1.29 is 13.9 Å². The number of hydrogen-bond acceptors (Lipinski definition) is 5. The Labute approximate surface area is 107 Å². The van der Waals surface area contributed by atoms with Crippen LogP contribution in [-0.4, -0.2) is 18.0 Å². The lowest BCUT2D eigenvalue weighted by Gasteiger charge is -1.96. The van der Waals surface area contributed by atoms with Gasteiger partial charge in [0.1, 0.15) is 17.6 Å². The molecular formula is C12H9FN2O2S. The summed E-state index contributed by atoms with van der Waals surface area (Å²) in [6, 6.07) is 7.99. The van der Waals surface area contributed by atoms with Crippen molar-refractivity contribution in [2.45, 2.75) is 0 Å². The number of rotatable bonds is 2. The average Bonchev–Trinajstić information content (AvgIpc) is 2.88. The highest BCUT2D eigenvalue weighted by Crippen LogP contribution is 2.23. The molecular weight excluding hydrogens is 255 g/mol. The summed E-state index contributed by atoms with van der Waals surface area (Å²) in [5.74, 6) is -0.289. The number of ether oxygens (including phenoxy) is 1. The summed E-state index contributed by atoms with van der Waals surface area (Å²) in [7, 11) is 1.31. The number of hydrogen-bond donors (Lipinski definition) is 0. The molecule has 0 saturated heterocycles. The number of carbonyl (C=O) groups is 1. The Kier molecular flexibility index (Phi) is 5.48. The molecule has 1 aromatic heterocycles. The van der Waals surface area contributed by atoms with E-state index in [2.05, 4.69) is 9.11 Å². The third-order valence-electron chi connectivity index (χ3n) is 1.90. The molecule has 18 heavy (non-hydrogen) atoms. The maximum absolute atomic E-state index is 12.6. The predicted octanol–water partition coefficient (Wildman–Crippen LogP) is 2.61. The van der Waals surface area contributed by atoms with Gasteiger partial charge < -0.3 is 4.74 Å². The topological polar surface area (TPSA) is 63.0 Å². The number of halogens is 1.